The van der Waals surface area contributed by atoms with Crippen molar-refractivity contribution in [3.63, 3.8) is 0 Å². The van der Waals surface area contributed by atoms with Gasteiger partial charge in [0.05, 0.1) is 13.5 Å². The highest BCUT2D eigenvalue weighted by Gasteiger charge is 2.06. The van der Waals surface area contributed by atoms with Crippen LogP contribution in [0.4, 0.5) is 0 Å². The first-order valence-electron chi connectivity index (χ1n) is 5.09. The largest absolute Gasteiger partial charge is 0.497 e. The van der Waals surface area contributed by atoms with E-state index in [1.54, 1.807) is 7.11 Å². The molecule has 1 aromatic carbocycles. The van der Waals surface area contributed by atoms with E-state index in [1.807, 2.05) is 24.3 Å². The van der Waals surface area contributed by atoms with Crippen molar-refractivity contribution < 1.29 is 14.6 Å². The normalized spacial score (nSPS) is 10.2. The third-order valence-corrected chi connectivity index (χ3v) is 2.33. The number of aromatic nitrogens is 2. The first-order chi connectivity index (χ1) is 8.19. The van der Waals surface area contributed by atoms with Crippen LogP contribution in [0.1, 0.15) is 5.69 Å². The number of imidazole rings is 1. The minimum Gasteiger partial charge on any atom is -0.497 e. The molecule has 0 unspecified atom stereocenters. The van der Waals surface area contributed by atoms with Gasteiger partial charge in [-0.3, -0.25) is 4.79 Å². The topological polar surface area (TPSA) is 75.2 Å². The number of nitrogens with zero attached hydrogens (tertiary/aromatic N) is 1. The average Bonchev–Trinajstić information content (AvgIpc) is 2.77. The SMILES string of the molecule is COc1ccc(-c2ncc(CC(=O)O)[nH]2)cc1. The lowest BCUT2D eigenvalue weighted by atomic mass is 10.2. The molecule has 1 aromatic heterocycles. The summed E-state index contributed by atoms with van der Waals surface area (Å²) in [7, 11) is 1.60. The van der Waals surface area contributed by atoms with E-state index < -0.39 is 5.97 Å². The molecule has 5 nitrogen and oxygen atoms in total. The second kappa shape index (κ2) is 4.69. The Morgan fingerprint density at radius 1 is 1.41 bits per heavy atom. The van der Waals surface area contributed by atoms with Crippen molar-refractivity contribution in [1.82, 2.24) is 9.97 Å². The predicted octanol–water partition coefficient (Wildman–Crippen LogP) is 1.71. The van der Waals surface area contributed by atoms with E-state index in [0.29, 0.717) is 11.5 Å². The molecule has 0 atom stereocenters. The predicted molar refractivity (Wildman–Crippen MR) is 61.9 cm³/mol. The second-order valence-corrected chi connectivity index (χ2v) is 3.56. The fraction of sp³-hybridized carbons (Fsp3) is 0.167. The van der Waals surface area contributed by atoms with Gasteiger partial charge in [0.1, 0.15) is 11.6 Å². The van der Waals surface area contributed by atoms with Crippen molar-refractivity contribution in [2.45, 2.75) is 6.42 Å². The highest BCUT2D eigenvalue weighted by atomic mass is 16.5. The number of hydrogen-bond acceptors (Lipinski definition) is 3. The number of benzene rings is 1. The lowest BCUT2D eigenvalue weighted by Crippen LogP contribution is -1.99. The Morgan fingerprint density at radius 3 is 2.71 bits per heavy atom. The van der Waals surface area contributed by atoms with E-state index in [1.165, 1.54) is 6.20 Å². The molecular formula is C12H12N2O3. The number of methoxy groups -OCH3 is 1. The Hall–Kier alpha value is -2.30. The lowest BCUT2D eigenvalue weighted by Gasteiger charge is -2.00. The summed E-state index contributed by atoms with van der Waals surface area (Å²) in [6, 6.07) is 7.38. The van der Waals surface area contributed by atoms with Crippen molar-refractivity contribution in [3.8, 4) is 17.1 Å². The zero-order valence-electron chi connectivity index (χ0n) is 9.30. The molecule has 0 aliphatic rings. The molecule has 5 heteroatoms. The summed E-state index contributed by atoms with van der Waals surface area (Å²) in [5.74, 6) is 0.546. The number of carboxylic acid groups (broad SMARTS) is 1. The number of aromatic amines is 1. The summed E-state index contributed by atoms with van der Waals surface area (Å²) < 4.78 is 5.05. The Bertz CT molecular complexity index is 517. The number of aliphatic carboxylic acids is 1. The number of nitrogens with one attached hydrogen (secondary N) is 1. The van der Waals surface area contributed by atoms with Crippen LogP contribution in [0.25, 0.3) is 11.4 Å². The van der Waals surface area contributed by atoms with Gasteiger partial charge in [-0.05, 0) is 24.3 Å². The fourth-order valence-corrected chi connectivity index (χ4v) is 1.51. The standard InChI is InChI=1S/C12H12N2O3/c1-17-10-4-2-8(3-5-10)12-13-7-9(14-12)6-11(15)16/h2-5,7H,6H2,1H3,(H,13,14)(H,15,16). The number of ether oxygens (including phenoxy) is 1. The van der Waals surface area contributed by atoms with E-state index in [2.05, 4.69) is 9.97 Å². The Labute approximate surface area is 98.1 Å². The van der Waals surface area contributed by atoms with Crippen molar-refractivity contribution in [2.75, 3.05) is 7.11 Å². The smallest absolute Gasteiger partial charge is 0.309 e. The molecular weight excluding hydrogens is 220 g/mol. The maximum absolute atomic E-state index is 10.5. The van der Waals surface area contributed by atoms with E-state index in [0.717, 1.165) is 11.3 Å². The maximum atomic E-state index is 10.5. The molecule has 1 heterocycles. The molecule has 0 spiro atoms. The van der Waals surface area contributed by atoms with E-state index in [-0.39, 0.29) is 6.42 Å². The molecule has 2 N–H and O–H groups in total. The monoisotopic (exact) mass is 232 g/mol. The lowest BCUT2D eigenvalue weighted by molar-refractivity contribution is -0.136. The molecule has 0 amide bonds. The van der Waals surface area contributed by atoms with Crippen LogP contribution >= 0.6 is 0 Å². The van der Waals surface area contributed by atoms with Crippen LogP contribution in [0.3, 0.4) is 0 Å². The Morgan fingerprint density at radius 2 is 2.12 bits per heavy atom. The first-order valence-corrected chi connectivity index (χ1v) is 5.09. The molecule has 2 aromatic rings. The highest BCUT2D eigenvalue weighted by Crippen LogP contribution is 2.19. The summed E-state index contributed by atoms with van der Waals surface area (Å²) in [5.41, 5.74) is 1.48. The fourth-order valence-electron chi connectivity index (χ4n) is 1.51. The van der Waals surface area contributed by atoms with E-state index in [4.69, 9.17) is 9.84 Å². The second-order valence-electron chi connectivity index (χ2n) is 3.56. The van der Waals surface area contributed by atoms with Crippen LogP contribution in [0.5, 0.6) is 5.75 Å². The summed E-state index contributed by atoms with van der Waals surface area (Å²) in [6.07, 6.45) is 1.48. The summed E-state index contributed by atoms with van der Waals surface area (Å²) in [4.78, 5) is 17.6. The molecule has 0 saturated heterocycles. The zero-order chi connectivity index (χ0) is 12.3. The molecule has 0 aliphatic heterocycles. The number of carbonyl (C=O) groups is 1. The van der Waals surface area contributed by atoms with E-state index in [9.17, 15) is 4.79 Å². The Balaban J connectivity index is 2.21. The summed E-state index contributed by atoms with van der Waals surface area (Å²) in [6.45, 7) is 0. The quantitative estimate of drug-likeness (QED) is 0.841. The van der Waals surface area contributed by atoms with Gasteiger partial charge in [0, 0.05) is 17.5 Å². The van der Waals surface area contributed by atoms with E-state index >= 15 is 0 Å². The molecule has 0 saturated carbocycles. The maximum Gasteiger partial charge on any atom is 0.309 e. The van der Waals surface area contributed by atoms with Gasteiger partial charge >= 0.3 is 5.97 Å². The molecule has 0 bridgehead atoms. The van der Waals surface area contributed by atoms with Crippen LogP contribution in [0, 0.1) is 0 Å². The zero-order valence-corrected chi connectivity index (χ0v) is 9.30. The molecule has 0 aliphatic carbocycles. The van der Waals surface area contributed by atoms with Gasteiger partial charge < -0.3 is 14.8 Å². The Kier molecular flexibility index (Phi) is 3.09. The van der Waals surface area contributed by atoms with Crippen molar-refractivity contribution in [2.24, 2.45) is 0 Å². The van der Waals surface area contributed by atoms with Gasteiger partial charge in [0.25, 0.3) is 0 Å². The first kappa shape index (κ1) is 11.2. The molecule has 0 fully saturated rings. The molecule has 17 heavy (non-hydrogen) atoms. The van der Waals surface area contributed by atoms with Gasteiger partial charge in [-0.15, -0.1) is 0 Å². The van der Waals surface area contributed by atoms with Gasteiger partial charge in [-0.1, -0.05) is 0 Å². The van der Waals surface area contributed by atoms with Crippen LogP contribution in [0.2, 0.25) is 0 Å². The van der Waals surface area contributed by atoms with Crippen molar-refractivity contribution in [3.05, 3.63) is 36.2 Å². The molecule has 0 radical (unpaired) electrons. The summed E-state index contributed by atoms with van der Waals surface area (Å²) >= 11 is 0. The van der Waals surface area contributed by atoms with Crippen molar-refractivity contribution in [1.29, 1.82) is 0 Å². The van der Waals surface area contributed by atoms with Crippen molar-refractivity contribution >= 4 is 5.97 Å². The molecule has 2 rings (SSSR count). The third kappa shape index (κ3) is 2.63. The van der Waals surface area contributed by atoms with Gasteiger partial charge in [0.2, 0.25) is 0 Å². The molecule has 88 valence electrons. The minimum absolute atomic E-state index is 0.0524. The van der Waals surface area contributed by atoms with Gasteiger partial charge in [0.15, 0.2) is 0 Å². The highest BCUT2D eigenvalue weighted by molar-refractivity contribution is 5.70. The minimum atomic E-state index is -0.880. The van der Waals surface area contributed by atoms with Gasteiger partial charge in [-0.25, -0.2) is 4.98 Å². The van der Waals surface area contributed by atoms with Crippen LogP contribution in [-0.4, -0.2) is 28.2 Å². The number of rotatable bonds is 4. The third-order valence-electron chi connectivity index (χ3n) is 2.33. The average molecular weight is 232 g/mol. The van der Waals surface area contributed by atoms with Crippen LogP contribution < -0.4 is 4.74 Å². The van der Waals surface area contributed by atoms with Crippen LogP contribution in [0.15, 0.2) is 30.5 Å². The number of H-pyrrole nitrogens is 1. The number of hydrogen-bond donors (Lipinski definition) is 2. The number of carboxylic acids is 1. The summed E-state index contributed by atoms with van der Waals surface area (Å²) in [5, 5.41) is 8.65. The van der Waals surface area contributed by atoms with Crippen LogP contribution in [-0.2, 0) is 11.2 Å². The van der Waals surface area contributed by atoms with Gasteiger partial charge in [-0.2, -0.15) is 0 Å².